The number of unbranched alkanes of at least 4 members (excludes halogenated alkanes) is 4. The lowest BCUT2D eigenvalue weighted by molar-refractivity contribution is 0.0956. The van der Waals surface area contributed by atoms with Crippen LogP contribution in [-0.4, -0.2) is 77.1 Å². The summed E-state index contributed by atoms with van der Waals surface area (Å²) in [5.74, 6) is -0.830. The molecule has 0 atom stereocenters. The number of hydrogen-bond donors (Lipinski definition) is 3. The van der Waals surface area contributed by atoms with Gasteiger partial charge in [-0.2, -0.15) is 9.97 Å². The zero-order valence-electron chi connectivity index (χ0n) is 35.8. The summed E-state index contributed by atoms with van der Waals surface area (Å²) in [4.78, 5) is 33.7. The number of amides is 2. The summed E-state index contributed by atoms with van der Waals surface area (Å²) < 4.78 is 90.8. The van der Waals surface area contributed by atoms with Gasteiger partial charge in [0.05, 0.1) is 41.6 Å². The first-order valence-corrected chi connectivity index (χ1v) is 26.8. The number of nitrogens with one attached hydrogen (secondary N) is 3. The second-order valence-electron chi connectivity index (χ2n) is 14.1. The number of carbonyl (C=O) groups is 2. The van der Waals surface area contributed by atoms with Crippen molar-refractivity contribution in [1.82, 2.24) is 20.6 Å². The molecule has 0 aliphatic carbocycles. The van der Waals surface area contributed by atoms with Crippen molar-refractivity contribution in [3.63, 3.8) is 0 Å². The average molecular weight is 1220 g/mol. The van der Waals surface area contributed by atoms with Crippen molar-refractivity contribution in [2.45, 2.75) is 38.5 Å². The molecule has 65 heavy (non-hydrogen) atoms. The summed E-state index contributed by atoms with van der Waals surface area (Å²) >= 11 is 7.27. The van der Waals surface area contributed by atoms with E-state index in [9.17, 15) is 35.2 Å². The fourth-order valence-corrected chi connectivity index (χ4v) is 9.53. The highest BCUT2D eigenvalue weighted by Gasteiger charge is 2.28. The maximum Gasteiger partial charge on any atom is 0.255 e. The van der Waals surface area contributed by atoms with E-state index in [0.717, 1.165) is 37.1 Å². The number of anilines is 2. The SMILES string of the molecule is C=CCCCCBr.C=CCCCCN(c1nc2oc(-c3ccc(F)cc3)c(C(=O)NC)c2cc1I)S(C)(=O)=O.CNC(=O)c1c(-c2ccc(F)cc2)oc2nc(NS(C)(=O)=O)c(I)cc12. The summed E-state index contributed by atoms with van der Waals surface area (Å²) in [5, 5.41) is 7.11. The number of nitrogens with zero attached hydrogens (tertiary/aromatic N) is 3. The van der Waals surface area contributed by atoms with Crippen LogP contribution in [0.5, 0.6) is 0 Å². The van der Waals surface area contributed by atoms with Gasteiger partial charge in [-0.3, -0.25) is 18.6 Å². The molecule has 2 amide bonds. The molecule has 3 N–H and O–H groups in total. The lowest BCUT2D eigenvalue weighted by Gasteiger charge is -2.22. The zero-order valence-corrected chi connectivity index (χ0v) is 43.3. The van der Waals surface area contributed by atoms with Crippen LogP contribution in [0.1, 0.15) is 59.2 Å². The Morgan fingerprint density at radius 1 is 0.738 bits per heavy atom. The molecule has 0 unspecified atom stereocenters. The Bertz CT molecular complexity index is 2880. The van der Waals surface area contributed by atoms with E-state index in [1.807, 2.05) is 51.3 Å². The fraction of sp³-hybridized carbons (Fsp3) is 0.273. The average Bonchev–Trinajstić information content (AvgIpc) is 3.81. The molecule has 0 fully saturated rings. The topological polar surface area (TPSA) is 194 Å². The van der Waals surface area contributed by atoms with Gasteiger partial charge in [0.2, 0.25) is 31.5 Å². The van der Waals surface area contributed by atoms with E-state index in [2.05, 4.69) is 54.4 Å². The molecule has 0 aliphatic heterocycles. The second kappa shape index (κ2) is 24.3. The van der Waals surface area contributed by atoms with Gasteiger partial charge in [0.1, 0.15) is 23.2 Å². The number of fused-ring (bicyclic) bond motifs is 2. The van der Waals surface area contributed by atoms with Crippen LogP contribution in [-0.2, 0) is 20.0 Å². The van der Waals surface area contributed by atoms with Crippen LogP contribution in [0.2, 0.25) is 0 Å². The van der Waals surface area contributed by atoms with Crippen molar-refractivity contribution in [3.8, 4) is 22.6 Å². The number of aromatic nitrogens is 2. The second-order valence-corrected chi connectivity index (χ2v) is 20.8. The van der Waals surface area contributed by atoms with E-state index in [1.165, 1.54) is 79.8 Å². The number of furan rings is 2. The third kappa shape index (κ3) is 14.5. The fourth-order valence-electron chi connectivity index (χ4n) is 6.08. The van der Waals surface area contributed by atoms with Crippen molar-refractivity contribution >= 4 is 127 Å². The summed E-state index contributed by atoms with van der Waals surface area (Å²) in [6.45, 7) is 7.56. The van der Waals surface area contributed by atoms with Gasteiger partial charge in [0.25, 0.3) is 11.8 Å². The zero-order chi connectivity index (χ0) is 48.1. The molecule has 0 spiro atoms. The van der Waals surface area contributed by atoms with Gasteiger partial charge in [0.15, 0.2) is 11.6 Å². The highest BCUT2D eigenvalue weighted by atomic mass is 127. The molecular weight excluding hydrogens is 1180 g/mol. The largest absolute Gasteiger partial charge is 0.437 e. The number of sulfonamides is 2. The molecule has 6 rings (SSSR count). The number of pyridine rings is 2. The maximum atomic E-state index is 13.4. The highest BCUT2D eigenvalue weighted by Crippen LogP contribution is 2.38. The first-order chi connectivity index (χ1) is 30.8. The number of hydrogen-bond acceptors (Lipinski definition) is 10. The van der Waals surface area contributed by atoms with Crippen LogP contribution in [0.25, 0.3) is 44.8 Å². The Morgan fingerprint density at radius 3 is 1.60 bits per heavy atom. The molecule has 0 bridgehead atoms. The summed E-state index contributed by atoms with van der Waals surface area (Å²) in [5.41, 5.74) is 1.71. The molecule has 4 heterocycles. The normalized spacial score (nSPS) is 11.2. The molecule has 0 saturated carbocycles. The van der Waals surface area contributed by atoms with Crippen LogP contribution >= 0.6 is 61.1 Å². The molecular formula is C44H47BrF2I2N6O8S2. The molecule has 0 saturated heterocycles. The van der Waals surface area contributed by atoms with Gasteiger partial charge in [-0.1, -0.05) is 28.1 Å². The quantitative estimate of drug-likeness (QED) is 0.0342. The number of alkyl halides is 1. The number of rotatable bonds is 17. The monoisotopic (exact) mass is 1220 g/mol. The first kappa shape index (κ1) is 53.2. The molecule has 21 heteroatoms. The van der Waals surface area contributed by atoms with E-state index in [0.29, 0.717) is 35.5 Å². The Kier molecular flexibility index (Phi) is 19.9. The maximum absolute atomic E-state index is 13.4. The summed E-state index contributed by atoms with van der Waals surface area (Å²) in [6, 6.07) is 14.3. The molecule has 0 radical (unpaired) electrons. The lowest BCUT2D eigenvalue weighted by Crippen LogP contribution is -2.32. The predicted molar refractivity (Wildman–Crippen MR) is 274 cm³/mol. The van der Waals surface area contributed by atoms with E-state index >= 15 is 0 Å². The number of carbonyl (C=O) groups excluding carboxylic acids is 2. The minimum atomic E-state index is -3.60. The van der Waals surface area contributed by atoms with Gasteiger partial charge in [-0.25, -0.2) is 25.6 Å². The van der Waals surface area contributed by atoms with E-state index in [-0.39, 0.29) is 52.3 Å². The van der Waals surface area contributed by atoms with Crippen LogP contribution in [0, 0.1) is 18.8 Å². The van der Waals surface area contributed by atoms with Gasteiger partial charge in [-0.05, 0) is 144 Å². The van der Waals surface area contributed by atoms with Crippen LogP contribution in [0.3, 0.4) is 0 Å². The van der Waals surface area contributed by atoms with Gasteiger partial charge < -0.3 is 19.5 Å². The molecule has 14 nitrogen and oxygen atoms in total. The summed E-state index contributed by atoms with van der Waals surface area (Å²) in [6.07, 6.45) is 11.8. The first-order valence-electron chi connectivity index (χ1n) is 19.7. The van der Waals surface area contributed by atoms with Crippen LogP contribution in [0.4, 0.5) is 20.4 Å². The van der Waals surface area contributed by atoms with Crippen LogP contribution < -0.4 is 19.7 Å². The Morgan fingerprint density at radius 2 is 1.18 bits per heavy atom. The standard InChI is InChI=1S/C22H23FIN3O4S.C16H13FIN3O4S.C6H11Br/c1-4-5-6-7-12-27(32(3,29)30)20-17(24)13-16-18(21(28)25-2)19(31-22(16)26-20)14-8-10-15(23)11-9-14;1-19-15(22)12-10-7-11(18)14(21-26(2,23)24)20-16(10)25-13(12)8-3-5-9(17)6-4-8;1-2-3-4-5-6-7/h4,8-11,13H,1,5-7,12H2,2-3H3,(H,25,28);3-7H,1-2H3,(H,19,22)(H,20,21);2H,1,3-6H2. The van der Waals surface area contributed by atoms with Gasteiger partial charge in [0, 0.05) is 37.1 Å². The number of benzene rings is 2. The van der Waals surface area contributed by atoms with Gasteiger partial charge in [-0.15, -0.1) is 13.2 Å². The Hall–Kier alpha value is -4.46. The van der Waals surface area contributed by atoms with Crippen molar-refractivity contribution in [3.05, 3.63) is 116 Å². The minimum absolute atomic E-state index is 0.0921. The third-order valence-corrected chi connectivity index (χ3v) is 13.0. The molecule has 4 aromatic heterocycles. The van der Waals surface area contributed by atoms with Crippen molar-refractivity contribution in [1.29, 1.82) is 0 Å². The van der Waals surface area contributed by atoms with E-state index < -0.39 is 43.5 Å². The third-order valence-electron chi connectivity index (χ3n) is 9.10. The van der Waals surface area contributed by atoms with Crippen molar-refractivity contribution in [2.24, 2.45) is 0 Å². The lowest BCUT2D eigenvalue weighted by atomic mass is 10.1. The van der Waals surface area contributed by atoms with Crippen LogP contribution in [0.15, 0.2) is 94.8 Å². The van der Waals surface area contributed by atoms with Crippen molar-refractivity contribution in [2.75, 3.05) is 47.5 Å². The van der Waals surface area contributed by atoms with Gasteiger partial charge >= 0.3 is 0 Å². The Labute approximate surface area is 412 Å². The number of halogens is 5. The molecule has 2 aromatic carbocycles. The van der Waals surface area contributed by atoms with Crippen molar-refractivity contribution < 1.29 is 44.0 Å². The molecule has 6 aromatic rings. The highest BCUT2D eigenvalue weighted by molar-refractivity contribution is 14.1. The van der Waals surface area contributed by atoms with E-state index in [4.69, 9.17) is 8.83 Å². The minimum Gasteiger partial charge on any atom is -0.437 e. The predicted octanol–water partition coefficient (Wildman–Crippen LogP) is 10.4. The van der Waals surface area contributed by atoms with E-state index in [1.54, 1.807) is 18.2 Å². The summed E-state index contributed by atoms with van der Waals surface area (Å²) in [7, 11) is -4.15. The smallest absolute Gasteiger partial charge is 0.255 e. The number of allylic oxidation sites excluding steroid dienone is 2. The molecule has 348 valence electrons. The molecule has 0 aliphatic rings. The Balaban J connectivity index is 0.000000252.